The van der Waals surface area contributed by atoms with Crippen molar-refractivity contribution in [2.75, 3.05) is 18.4 Å². The summed E-state index contributed by atoms with van der Waals surface area (Å²) in [6, 6.07) is 7.08. The van der Waals surface area contributed by atoms with E-state index in [1.165, 1.54) is 17.0 Å². The Bertz CT molecular complexity index is 1170. The Balaban J connectivity index is 1.50. The molecule has 1 aliphatic heterocycles. The first-order valence-electron chi connectivity index (χ1n) is 9.78. The molecular weight excluding hydrogens is 429 g/mol. The Morgan fingerprint density at radius 2 is 1.97 bits per heavy atom. The fraction of sp³-hybridized carbons (Fsp3) is 0.318. The molecule has 1 aliphatic rings. The van der Waals surface area contributed by atoms with E-state index in [1.807, 2.05) is 13.0 Å². The standard InChI is InChI=1S/C22H20ClF3N4O/c1-12-3-4-16(22(24,25)26)15(7-12)21(31)30-6-5-14(11-30)28-20-10-27-18-9-17(23)13(2)8-19(18)29-20/h3-4,7-10,14H,5-6,11H2,1-2H3,(H,28,29)/t14-/m1/s1. The number of likely N-dealkylation sites (tertiary alicyclic amines) is 1. The van der Waals surface area contributed by atoms with Crippen LogP contribution >= 0.6 is 11.6 Å². The number of carbonyl (C=O) groups excluding carboxylic acids is 1. The summed E-state index contributed by atoms with van der Waals surface area (Å²) in [5.74, 6) is -0.0738. The number of aryl methyl sites for hydroxylation is 2. The van der Waals surface area contributed by atoms with E-state index in [0.717, 1.165) is 11.6 Å². The molecule has 0 radical (unpaired) electrons. The molecule has 2 heterocycles. The Morgan fingerprint density at radius 1 is 1.19 bits per heavy atom. The first kappa shape index (κ1) is 21.4. The van der Waals surface area contributed by atoms with E-state index in [2.05, 4.69) is 15.3 Å². The van der Waals surface area contributed by atoms with Crippen LogP contribution in [-0.2, 0) is 6.18 Å². The minimum absolute atomic E-state index is 0.136. The maximum absolute atomic E-state index is 13.4. The highest BCUT2D eigenvalue weighted by Gasteiger charge is 2.37. The highest BCUT2D eigenvalue weighted by molar-refractivity contribution is 6.32. The van der Waals surface area contributed by atoms with Crippen molar-refractivity contribution in [2.45, 2.75) is 32.5 Å². The Labute approximate surface area is 182 Å². The zero-order valence-electron chi connectivity index (χ0n) is 16.9. The third-order valence-electron chi connectivity index (χ3n) is 5.36. The second kappa shape index (κ2) is 8.00. The van der Waals surface area contributed by atoms with Crippen molar-refractivity contribution in [1.82, 2.24) is 14.9 Å². The number of rotatable bonds is 3. The Hall–Kier alpha value is -2.87. The molecule has 1 N–H and O–H groups in total. The lowest BCUT2D eigenvalue weighted by atomic mass is 10.0. The number of benzene rings is 2. The molecule has 1 fully saturated rings. The smallest absolute Gasteiger partial charge is 0.364 e. The lowest BCUT2D eigenvalue weighted by molar-refractivity contribution is -0.138. The van der Waals surface area contributed by atoms with Gasteiger partial charge in [-0.3, -0.25) is 9.78 Å². The number of nitrogens with one attached hydrogen (secondary N) is 1. The molecule has 31 heavy (non-hydrogen) atoms. The van der Waals surface area contributed by atoms with Crippen LogP contribution in [0.1, 0.15) is 33.5 Å². The second-order valence-corrected chi connectivity index (χ2v) is 8.18. The average Bonchev–Trinajstić information content (AvgIpc) is 3.16. The lowest BCUT2D eigenvalue weighted by Crippen LogP contribution is -2.33. The summed E-state index contributed by atoms with van der Waals surface area (Å²) in [4.78, 5) is 23.2. The van der Waals surface area contributed by atoms with Crippen molar-refractivity contribution < 1.29 is 18.0 Å². The van der Waals surface area contributed by atoms with Crippen LogP contribution in [0.2, 0.25) is 5.02 Å². The normalized spacial score (nSPS) is 16.7. The molecule has 1 saturated heterocycles. The predicted molar refractivity (Wildman–Crippen MR) is 113 cm³/mol. The second-order valence-electron chi connectivity index (χ2n) is 7.77. The molecule has 1 amide bonds. The van der Waals surface area contributed by atoms with Gasteiger partial charge in [0.25, 0.3) is 5.91 Å². The summed E-state index contributed by atoms with van der Waals surface area (Å²) < 4.78 is 40.1. The summed E-state index contributed by atoms with van der Waals surface area (Å²) in [7, 11) is 0. The van der Waals surface area contributed by atoms with Crippen LogP contribution in [0, 0.1) is 13.8 Å². The topological polar surface area (TPSA) is 58.1 Å². The lowest BCUT2D eigenvalue weighted by Gasteiger charge is -2.20. The van der Waals surface area contributed by atoms with Crippen LogP contribution in [0.4, 0.5) is 19.0 Å². The molecule has 3 aromatic rings. The van der Waals surface area contributed by atoms with E-state index in [4.69, 9.17) is 11.6 Å². The van der Waals surface area contributed by atoms with Gasteiger partial charge in [0.05, 0.1) is 28.4 Å². The minimum atomic E-state index is -4.59. The first-order valence-corrected chi connectivity index (χ1v) is 10.2. The maximum Gasteiger partial charge on any atom is 0.417 e. The predicted octanol–water partition coefficient (Wildman–Crippen LogP) is 5.25. The van der Waals surface area contributed by atoms with Gasteiger partial charge in [-0.25, -0.2) is 4.98 Å². The molecule has 0 bridgehead atoms. The molecule has 0 spiro atoms. The number of nitrogens with zero attached hydrogens (tertiary/aromatic N) is 3. The van der Waals surface area contributed by atoms with Crippen LogP contribution in [0.25, 0.3) is 11.0 Å². The van der Waals surface area contributed by atoms with E-state index in [0.29, 0.717) is 40.4 Å². The van der Waals surface area contributed by atoms with Crippen LogP contribution in [0.15, 0.2) is 36.5 Å². The summed E-state index contributed by atoms with van der Waals surface area (Å²) in [5, 5.41) is 3.85. The summed E-state index contributed by atoms with van der Waals surface area (Å²) >= 11 is 6.12. The largest absolute Gasteiger partial charge is 0.417 e. The van der Waals surface area contributed by atoms with Crippen molar-refractivity contribution in [3.63, 3.8) is 0 Å². The van der Waals surface area contributed by atoms with Crippen molar-refractivity contribution in [2.24, 2.45) is 0 Å². The molecular formula is C22H20ClF3N4O. The van der Waals surface area contributed by atoms with E-state index in [9.17, 15) is 18.0 Å². The third kappa shape index (κ3) is 4.44. The number of hydrogen-bond acceptors (Lipinski definition) is 4. The monoisotopic (exact) mass is 448 g/mol. The van der Waals surface area contributed by atoms with Crippen molar-refractivity contribution >= 4 is 34.4 Å². The molecule has 5 nitrogen and oxygen atoms in total. The van der Waals surface area contributed by atoms with Crippen molar-refractivity contribution in [3.8, 4) is 0 Å². The van der Waals surface area contributed by atoms with E-state index in [1.54, 1.807) is 19.2 Å². The first-order chi connectivity index (χ1) is 14.6. The number of fused-ring (bicyclic) bond motifs is 1. The number of alkyl halides is 3. The van der Waals surface area contributed by atoms with Crippen molar-refractivity contribution in [1.29, 1.82) is 0 Å². The molecule has 1 aromatic heterocycles. The molecule has 162 valence electrons. The summed E-state index contributed by atoms with van der Waals surface area (Å²) in [6.07, 6.45) is -2.41. The molecule has 9 heteroatoms. The van der Waals surface area contributed by atoms with Gasteiger partial charge in [-0.05, 0) is 50.1 Å². The Kier molecular flexibility index (Phi) is 5.51. The van der Waals surface area contributed by atoms with Crippen LogP contribution < -0.4 is 5.32 Å². The van der Waals surface area contributed by atoms with Gasteiger partial charge < -0.3 is 10.2 Å². The van der Waals surface area contributed by atoms with Gasteiger partial charge in [0.15, 0.2) is 0 Å². The zero-order valence-corrected chi connectivity index (χ0v) is 17.7. The molecule has 0 unspecified atom stereocenters. The molecule has 1 atom stereocenters. The highest BCUT2D eigenvalue weighted by atomic mass is 35.5. The number of anilines is 1. The van der Waals surface area contributed by atoms with Crippen molar-refractivity contribution in [3.05, 3.63) is 63.8 Å². The molecule has 0 saturated carbocycles. The van der Waals surface area contributed by atoms with Gasteiger partial charge >= 0.3 is 6.18 Å². The number of amides is 1. The zero-order chi connectivity index (χ0) is 22.3. The SMILES string of the molecule is Cc1ccc(C(F)(F)F)c(C(=O)N2CC[C@@H](Nc3cnc4cc(Cl)c(C)cc4n3)C2)c1. The minimum Gasteiger partial charge on any atom is -0.364 e. The molecule has 4 rings (SSSR count). The van der Waals surface area contributed by atoms with Crippen LogP contribution in [-0.4, -0.2) is 39.9 Å². The van der Waals surface area contributed by atoms with Crippen LogP contribution in [0.3, 0.4) is 0 Å². The fourth-order valence-corrected chi connectivity index (χ4v) is 3.89. The number of halogens is 4. The van der Waals surface area contributed by atoms with Gasteiger partial charge in [-0.15, -0.1) is 0 Å². The summed E-state index contributed by atoms with van der Waals surface area (Å²) in [5.41, 5.74) is 1.62. The third-order valence-corrected chi connectivity index (χ3v) is 5.77. The Morgan fingerprint density at radius 3 is 2.71 bits per heavy atom. The van der Waals surface area contributed by atoms with Gasteiger partial charge in [0.1, 0.15) is 5.82 Å². The van der Waals surface area contributed by atoms with E-state index in [-0.39, 0.29) is 18.2 Å². The van der Waals surface area contributed by atoms with Gasteiger partial charge in [-0.2, -0.15) is 13.2 Å². The van der Waals surface area contributed by atoms with Crippen LogP contribution in [0.5, 0.6) is 0 Å². The number of aromatic nitrogens is 2. The van der Waals surface area contributed by atoms with E-state index >= 15 is 0 Å². The average molecular weight is 449 g/mol. The number of hydrogen-bond donors (Lipinski definition) is 1. The molecule has 0 aliphatic carbocycles. The van der Waals surface area contributed by atoms with Gasteiger partial charge in [-0.1, -0.05) is 23.2 Å². The highest BCUT2D eigenvalue weighted by Crippen LogP contribution is 2.33. The number of carbonyl (C=O) groups is 1. The summed E-state index contributed by atoms with van der Waals surface area (Å²) in [6.45, 7) is 4.18. The molecule has 2 aromatic carbocycles. The van der Waals surface area contributed by atoms with Gasteiger partial charge in [0, 0.05) is 24.2 Å². The van der Waals surface area contributed by atoms with Gasteiger partial charge in [0.2, 0.25) is 0 Å². The maximum atomic E-state index is 13.4. The fourth-order valence-electron chi connectivity index (χ4n) is 3.73. The quantitative estimate of drug-likeness (QED) is 0.595. The van der Waals surface area contributed by atoms with E-state index < -0.39 is 17.6 Å².